The number of benzene rings is 2. The summed E-state index contributed by atoms with van der Waals surface area (Å²) in [6.07, 6.45) is 6.34. The molecule has 0 atom stereocenters. The van der Waals surface area contributed by atoms with Gasteiger partial charge in [-0.1, -0.05) is 18.2 Å². The summed E-state index contributed by atoms with van der Waals surface area (Å²) in [5.41, 5.74) is 4.24. The number of carbonyl (C=O) groups is 3. The van der Waals surface area contributed by atoms with E-state index in [4.69, 9.17) is 0 Å². The SMILES string of the molecule is O=C1[SH4]CCN(CCc2cccc(Nc3ncc4c(=O)c(C(=O)O)cn(-c5ccc6c(c5)CCC6)c4n3)c2)C1=O. The number of aromatic nitrogens is 3. The number of nitrogens with one attached hydrogen (secondary N) is 1. The lowest BCUT2D eigenvalue weighted by Gasteiger charge is -2.27. The van der Waals surface area contributed by atoms with Gasteiger partial charge in [-0.15, -0.1) is 0 Å². The van der Waals surface area contributed by atoms with Gasteiger partial charge < -0.3 is 19.9 Å². The summed E-state index contributed by atoms with van der Waals surface area (Å²) >= 11 is -0.918. The van der Waals surface area contributed by atoms with Gasteiger partial charge in [0.1, 0.15) is 5.56 Å². The highest BCUT2D eigenvalue weighted by molar-refractivity contribution is 8.15. The van der Waals surface area contributed by atoms with Crippen molar-refractivity contribution in [2.24, 2.45) is 0 Å². The van der Waals surface area contributed by atoms with Gasteiger partial charge >= 0.3 is 5.97 Å². The summed E-state index contributed by atoms with van der Waals surface area (Å²) in [5.74, 6) is -0.574. The van der Waals surface area contributed by atoms with Crippen molar-refractivity contribution in [1.82, 2.24) is 19.4 Å². The molecule has 2 aromatic carbocycles. The van der Waals surface area contributed by atoms with E-state index in [0.29, 0.717) is 25.2 Å². The normalized spacial score (nSPS) is 15.2. The van der Waals surface area contributed by atoms with E-state index in [1.54, 1.807) is 9.47 Å². The first-order valence-electron chi connectivity index (χ1n) is 13.3. The van der Waals surface area contributed by atoms with Gasteiger partial charge in [0.25, 0.3) is 5.91 Å². The van der Waals surface area contributed by atoms with E-state index in [9.17, 15) is 24.3 Å². The van der Waals surface area contributed by atoms with Crippen molar-refractivity contribution < 1.29 is 19.5 Å². The average Bonchev–Trinajstić information content (AvgIpc) is 3.42. The molecular weight excluding hydrogens is 530 g/mol. The average molecular weight is 560 g/mol. The first-order chi connectivity index (χ1) is 19.4. The highest BCUT2D eigenvalue weighted by Gasteiger charge is 2.24. The maximum Gasteiger partial charge on any atom is 0.341 e. The lowest BCUT2D eigenvalue weighted by Crippen LogP contribution is -2.42. The first-order valence-corrected chi connectivity index (χ1v) is 15.0. The van der Waals surface area contributed by atoms with Crippen LogP contribution in [0.15, 0.2) is 59.7 Å². The number of carbonyl (C=O) groups excluding carboxylic acids is 2. The molecule has 0 bridgehead atoms. The van der Waals surface area contributed by atoms with Crippen molar-refractivity contribution in [2.75, 3.05) is 24.2 Å². The third-order valence-electron chi connectivity index (χ3n) is 7.55. The number of nitrogens with zero attached hydrogens (tertiary/aromatic N) is 4. The predicted octanol–water partition coefficient (Wildman–Crippen LogP) is 2.28. The van der Waals surface area contributed by atoms with E-state index in [-0.39, 0.29) is 27.9 Å². The zero-order valence-corrected chi connectivity index (χ0v) is 23.1. The quantitative estimate of drug-likeness (QED) is 0.330. The van der Waals surface area contributed by atoms with Gasteiger partial charge in [-0.3, -0.25) is 14.4 Å². The smallest absolute Gasteiger partial charge is 0.341 e. The molecule has 1 fully saturated rings. The van der Waals surface area contributed by atoms with E-state index < -0.39 is 23.2 Å². The Labute approximate surface area is 233 Å². The Bertz CT molecular complexity index is 1750. The highest BCUT2D eigenvalue weighted by Crippen LogP contribution is 2.26. The van der Waals surface area contributed by atoms with Gasteiger partial charge in [0.2, 0.25) is 16.5 Å². The summed E-state index contributed by atoms with van der Waals surface area (Å²) < 4.78 is 1.64. The van der Waals surface area contributed by atoms with Gasteiger partial charge in [0.05, 0.1) is 5.39 Å². The van der Waals surface area contributed by atoms with Crippen LogP contribution in [0.2, 0.25) is 0 Å². The van der Waals surface area contributed by atoms with Crippen molar-refractivity contribution >= 4 is 51.4 Å². The number of pyridine rings is 1. The molecule has 6 rings (SSSR count). The molecule has 3 heterocycles. The van der Waals surface area contributed by atoms with E-state index in [1.165, 1.54) is 23.5 Å². The third kappa shape index (κ3) is 4.95. The van der Waals surface area contributed by atoms with Crippen LogP contribution in [-0.4, -0.2) is 60.4 Å². The van der Waals surface area contributed by atoms with Crippen LogP contribution >= 0.6 is 11.8 Å². The molecule has 10 nitrogen and oxygen atoms in total. The van der Waals surface area contributed by atoms with E-state index in [0.717, 1.165) is 42.0 Å². The fourth-order valence-corrected chi connectivity index (χ4v) is 6.75. The van der Waals surface area contributed by atoms with Gasteiger partial charge in [0.15, 0.2) is 5.65 Å². The van der Waals surface area contributed by atoms with Crippen molar-refractivity contribution in [2.45, 2.75) is 25.7 Å². The van der Waals surface area contributed by atoms with Gasteiger partial charge in [-0.25, -0.2) is 21.5 Å². The molecular formula is C29H29N5O5S. The second kappa shape index (κ2) is 10.6. The number of amides is 1. The fourth-order valence-electron chi connectivity index (χ4n) is 5.45. The molecule has 11 heteroatoms. The van der Waals surface area contributed by atoms with Crippen LogP contribution in [0.1, 0.15) is 33.5 Å². The molecule has 2 aliphatic rings. The Hall–Kier alpha value is -4.51. The molecule has 1 saturated heterocycles. The number of aromatic carboxylic acids is 1. The minimum atomic E-state index is -1.31. The van der Waals surface area contributed by atoms with Crippen molar-refractivity contribution in [3.05, 3.63) is 87.3 Å². The molecule has 1 amide bonds. The lowest BCUT2D eigenvalue weighted by molar-refractivity contribution is -0.140. The molecule has 4 aromatic rings. The minimum Gasteiger partial charge on any atom is -0.477 e. The molecule has 2 aromatic heterocycles. The summed E-state index contributed by atoms with van der Waals surface area (Å²) in [4.78, 5) is 59.3. The van der Waals surface area contributed by atoms with E-state index in [2.05, 4.69) is 15.3 Å². The van der Waals surface area contributed by atoms with Crippen molar-refractivity contribution in [1.29, 1.82) is 0 Å². The van der Waals surface area contributed by atoms with Crippen LogP contribution in [0, 0.1) is 0 Å². The number of carboxylic acids is 1. The maximum atomic E-state index is 13.0. The summed E-state index contributed by atoms with van der Waals surface area (Å²) in [6.45, 7) is 1.13. The third-order valence-corrected chi connectivity index (χ3v) is 8.97. The Morgan fingerprint density at radius 3 is 2.77 bits per heavy atom. The molecule has 40 heavy (non-hydrogen) atoms. The monoisotopic (exact) mass is 559 g/mol. The molecule has 0 spiro atoms. The molecule has 0 unspecified atom stereocenters. The molecule has 206 valence electrons. The predicted molar refractivity (Wildman–Crippen MR) is 157 cm³/mol. The Balaban J connectivity index is 1.31. The number of carboxylic acid groups (broad SMARTS) is 1. The van der Waals surface area contributed by atoms with Gasteiger partial charge in [-0.2, -0.15) is 4.98 Å². The summed E-state index contributed by atoms with van der Waals surface area (Å²) in [6, 6.07) is 13.6. The second-order valence-corrected chi connectivity index (χ2v) is 12.0. The highest BCUT2D eigenvalue weighted by atomic mass is 32.2. The Kier molecular flexibility index (Phi) is 6.81. The molecule has 1 aliphatic carbocycles. The first kappa shape index (κ1) is 25.8. The number of hydrogen-bond acceptors (Lipinski definition) is 7. The van der Waals surface area contributed by atoms with Crippen LogP contribution in [0.25, 0.3) is 16.7 Å². The zero-order chi connectivity index (χ0) is 27.8. The number of anilines is 2. The largest absolute Gasteiger partial charge is 0.477 e. The Morgan fingerprint density at radius 2 is 1.93 bits per heavy atom. The molecule has 1 aliphatic heterocycles. The molecule has 2 N–H and O–H groups in total. The van der Waals surface area contributed by atoms with Crippen molar-refractivity contribution in [3.63, 3.8) is 0 Å². The van der Waals surface area contributed by atoms with Crippen LogP contribution in [0.4, 0.5) is 11.6 Å². The molecule has 0 radical (unpaired) electrons. The summed E-state index contributed by atoms with van der Waals surface area (Å²) in [5, 5.41) is 12.8. The standard InChI is InChI=1S/C29H29N5O5S/c35-24-22-15-30-29(31-20-6-1-3-17(13-20)9-10-33-11-12-40-28(39)26(33)36)32-25(22)34(16-23(24)27(37)38)21-8-7-18-4-2-5-19(18)14-21/h1,3,6-8,13-16H,2,4-5,9-12H2,40H4,(H,37,38)(H,30,31,32). The Morgan fingerprint density at radius 1 is 1.07 bits per heavy atom. The second-order valence-electron chi connectivity index (χ2n) is 10.2. The number of rotatable bonds is 7. The van der Waals surface area contributed by atoms with Crippen molar-refractivity contribution in [3.8, 4) is 5.69 Å². The minimum absolute atomic E-state index is 0.114. The van der Waals surface area contributed by atoms with Gasteiger partial charge in [-0.05, 0) is 72.4 Å². The summed E-state index contributed by atoms with van der Waals surface area (Å²) in [7, 11) is 0. The number of fused-ring (bicyclic) bond motifs is 2. The van der Waals surface area contributed by atoms with Crippen LogP contribution in [-0.2, 0) is 28.9 Å². The van der Waals surface area contributed by atoms with Crippen LogP contribution in [0.3, 0.4) is 0 Å². The van der Waals surface area contributed by atoms with E-state index in [1.807, 2.05) is 42.5 Å². The van der Waals surface area contributed by atoms with Crippen LogP contribution in [0.5, 0.6) is 0 Å². The number of aryl methyl sites for hydroxylation is 2. The number of hydrogen-bond donors (Lipinski definition) is 2. The van der Waals surface area contributed by atoms with Gasteiger partial charge in [0, 0.05) is 36.9 Å². The van der Waals surface area contributed by atoms with E-state index >= 15 is 0 Å². The maximum absolute atomic E-state index is 13.0. The fraction of sp³-hybridized carbons (Fsp3) is 0.241. The zero-order valence-electron chi connectivity index (χ0n) is 21.7. The molecule has 0 saturated carbocycles. The van der Waals surface area contributed by atoms with Crippen LogP contribution < -0.4 is 10.7 Å². The topological polar surface area (TPSA) is 134 Å². The lowest BCUT2D eigenvalue weighted by atomic mass is 10.1.